The van der Waals surface area contributed by atoms with Gasteiger partial charge < -0.3 is 15.7 Å². The SMILES string of the molecule is Cc1nc(NCCO)cc(Nc2ccccc2Br)n1. The summed E-state index contributed by atoms with van der Waals surface area (Å²) < 4.78 is 0.969. The molecule has 0 aliphatic heterocycles. The van der Waals surface area contributed by atoms with Gasteiger partial charge in [0.15, 0.2) is 0 Å². The highest BCUT2D eigenvalue weighted by molar-refractivity contribution is 9.10. The number of halogens is 1. The Balaban J connectivity index is 2.20. The van der Waals surface area contributed by atoms with E-state index < -0.39 is 0 Å². The van der Waals surface area contributed by atoms with Gasteiger partial charge in [-0.1, -0.05) is 12.1 Å². The van der Waals surface area contributed by atoms with Gasteiger partial charge in [-0.3, -0.25) is 0 Å². The monoisotopic (exact) mass is 322 g/mol. The highest BCUT2D eigenvalue weighted by Gasteiger charge is 2.04. The Morgan fingerprint density at radius 3 is 2.68 bits per heavy atom. The number of aliphatic hydroxyl groups is 1. The van der Waals surface area contributed by atoms with E-state index in [4.69, 9.17) is 5.11 Å². The Hall–Kier alpha value is -1.66. The standard InChI is InChI=1S/C13H15BrN4O/c1-9-16-12(15-6-7-19)8-13(17-9)18-11-5-3-2-4-10(11)14/h2-5,8,19H,6-7H2,1H3,(H2,15,16,17,18). The molecule has 2 aromatic rings. The van der Waals surface area contributed by atoms with E-state index >= 15 is 0 Å². The topological polar surface area (TPSA) is 70.1 Å². The minimum Gasteiger partial charge on any atom is -0.395 e. The maximum atomic E-state index is 8.81. The summed E-state index contributed by atoms with van der Waals surface area (Å²) in [6.07, 6.45) is 0. The van der Waals surface area contributed by atoms with Crippen molar-refractivity contribution in [3.8, 4) is 0 Å². The zero-order valence-electron chi connectivity index (χ0n) is 10.5. The van der Waals surface area contributed by atoms with Crippen LogP contribution in [0.2, 0.25) is 0 Å². The van der Waals surface area contributed by atoms with Crippen molar-refractivity contribution in [2.24, 2.45) is 0 Å². The maximum Gasteiger partial charge on any atom is 0.136 e. The van der Waals surface area contributed by atoms with Gasteiger partial charge in [-0.2, -0.15) is 0 Å². The molecule has 0 unspecified atom stereocenters. The molecular formula is C13H15BrN4O. The molecule has 0 bridgehead atoms. The predicted octanol–water partition coefficient (Wildman–Crippen LogP) is 2.70. The van der Waals surface area contributed by atoms with Crippen LogP contribution in [0.5, 0.6) is 0 Å². The quantitative estimate of drug-likeness (QED) is 0.789. The largest absolute Gasteiger partial charge is 0.395 e. The molecule has 1 aromatic carbocycles. The molecule has 0 aliphatic carbocycles. The number of rotatable bonds is 5. The summed E-state index contributed by atoms with van der Waals surface area (Å²) in [5.41, 5.74) is 0.939. The summed E-state index contributed by atoms with van der Waals surface area (Å²) in [7, 11) is 0. The van der Waals surface area contributed by atoms with Crippen molar-refractivity contribution in [1.82, 2.24) is 9.97 Å². The number of anilines is 3. The summed E-state index contributed by atoms with van der Waals surface area (Å²) in [5.74, 6) is 2.06. The maximum absolute atomic E-state index is 8.81. The highest BCUT2D eigenvalue weighted by Crippen LogP contribution is 2.25. The van der Waals surface area contributed by atoms with Gasteiger partial charge in [0, 0.05) is 17.1 Å². The van der Waals surface area contributed by atoms with Gasteiger partial charge in [0.2, 0.25) is 0 Å². The zero-order valence-corrected chi connectivity index (χ0v) is 12.1. The highest BCUT2D eigenvalue weighted by atomic mass is 79.9. The van der Waals surface area contributed by atoms with E-state index in [1.807, 2.05) is 37.3 Å². The molecule has 0 atom stereocenters. The Labute approximate surface area is 120 Å². The fourth-order valence-electron chi connectivity index (χ4n) is 1.61. The number of aromatic nitrogens is 2. The third kappa shape index (κ3) is 3.90. The van der Waals surface area contributed by atoms with E-state index in [9.17, 15) is 0 Å². The molecule has 0 saturated carbocycles. The fraction of sp³-hybridized carbons (Fsp3) is 0.231. The third-order valence-electron chi connectivity index (χ3n) is 2.39. The lowest BCUT2D eigenvalue weighted by atomic mass is 10.3. The number of nitrogens with zero attached hydrogens (tertiary/aromatic N) is 2. The first-order chi connectivity index (χ1) is 9.19. The van der Waals surface area contributed by atoms with E-state index in [-0.39, 0.29) is 6.61 Å². The molecule has 100 valence electrons. The Bertz CT molecular complexity index is 562. The molecular weight excluding hydrogens is 308 g/mol. The predicted molar refractivity (Wildman–Crippen MR) is 79.8 cm³/mol. The van der Waals surface area contributed by atoms with Crippen LogP contribution in [-0.2, 0) is 0 Å². The van der Waals surface area contributed by atoms with Crippen LogP contribution in [0.3, 0.4) is 0 Å². The molecule has 6 heteroatoms. The molecule has 0 amide bonds. The molecule has 0 radical (unpaired) electrons. The Morgan fingerprint density at radius 2 is 1.95 bits per heavy atom. The van der Waals surface area contributed by atoms with Crippen molar-refractivity contribution in [3.05, 3.63) is 40.6 Å². The van der Waals surface area contributed by atoms with Gasteiger partial charge in [0.05, 0.1) is 12.3 Å². The Morgan fingerprint density at radius 1 is 1.21 bits per heavy atom. The average molecular weight is 323 g/mol. The van der Waals surface area contributed by atoms with Crippen molar-refractivity contribution in [2.45, 2.75) is 6.92 Å². The van der Waals surface area contributed by atoms with Crippen LogP contribution in [0.4, 0.5) is 17.3 Å². The number of nitrogens with one attached hydrogen (secondary N) is 2. The first-order valence-electron chi connectivity index (χ1n) is 5.91. The van der Waals surface area contributed by atoms with Gasteiger partial charge in [-0.15, -0.1) is 0 Å². The van der Waals surface area contributed by atoms with Crippen LogP contribution in [0.25, 0.3) is 0 Å². The van der Waals surface area contributed by atoms with Gasteiger partial charge in [-0.05, 0) is 35.0 Å². The van der Waals surface area contributed by atoms with E-state index in [0.717, 1.165) is 10.2 Å². The molecule has 0 spiro atoms. The first kappa shape index (κ1) is 13.8. The molecule has 3 N–H and O–H groups in total. The smallest absolute Gasteiger partial charge is 0.136 e. The van der Waals surface area contributed by atoms with Gasteiger partial charge >= 0.3 is 0 Å². The molecule has 5 nitrogen and oxygen atoms in total. The lowest BCUT2D eigenvalue weighted by molar-refractivity contribution is 0.311. The Kier molecular flexibility index (Phi) is 4.70. The van der Waals surface area contributed by atoms with Crippen molar-refractivity contribution < 1.29 is 5.11 Å². The lowest BCUT2D eigenvalue weighted by Crippen LogP contribution is -2.09. The molecule has 1 heterocycles. The number of hydrogen-bond donors (Lipinski definition) is 3. The van der Waals surface area contributed by atoms with Crippen molar-refractivity contribution in [2.75, 3.05) is 23.8 Å². The summed E-state index contributed by atoms with van der Waals surface area (Å²) in [4.78, 5) is 8.58. The summed E-state index contributed by atoms with van der Waals surface area (Å²) in [5, 5.41) is 15.1. The van der Waals surface area contributed by atoms with E-state index in [1.54, 1.807) is 0 Å². The lowest BCUT2D eigenvalue weighted by Gasteiger charge is -2.10. The van der Waals surface area contributed by atoms with Gasteiger partial charge in [-0.25, -0.2) is 9.97 Å². The minimum absolute atomic E-state index is 0.0655. The number of para-hydroxylation sites is 1. The van der Waals surface area contributed by atoms with Crippen molar-refractivity contribution in [3.63, 3.8) is 0 Å². The summed E-state index contributed by atoms with van der Waals surface area (Å²) >= 11 is 3.48. The number of hydrogen-bond acceptors (Lipinski definition) is 5. The molecule has 0 fully saturated rings. The van der Waals surface area contributed by atoms with Crippen LogP contribution in [0.1, 0.15) is 5.82 Å². The van der Waals surface area contributed by atoms with Crippen LogP contribution in [0.15, 0.2) is 34.8 Å². The van der Waals surface area contributed by atoms with Gasteiger partial charge in [0.25, 0.3) is 0 Å². The summed E-state index contributed by atoms with van der Waals surface area (Å²) in [6, 6.07) is 9.63. The van der Waals surface area contributed by atoms with Gasteiger partial charge in [0.1, 0.15) is 17.5 Å². The summed E-state index contributed by atoms with van der Waals surface area (Å²) in [6.45, 7) is 2.36. The normalized spacial score (nSPS) is 10.3. The first-order valence-corrected chi connectivity index (χ1v) is 6.70. The molecule has 19 heavy (non-hydrogen) atoms. The van der Waals surface area contributed by atoms with Crippen LogP contribution in [0, 0.1) is 6.92 Å². The fourth-order valence-corrected chi connectivity index (χ4v) is 1.99. The van der Waals surface area contributed by atoms with Crippen molar-refractivity contribution in [1.29, 1.82) is 0 Å². The van der Waals surface area contributed by atoms with E-state index in [0.29, 0.717) is 24.0 Å². The average Bonchev–Trinajstić information content (AvgIpc) is 2.38. The van der Waals surface area contributed by atoms with Crippen LogP contribution < -0.4 is 10.6 Å². The molecule has 0 aliphatic rings. The zero-order chi connectivity index (χ0) is 13.7. The van der Waals surface area contributed by atoms with Crippen molar-refractivity contribution >= 4 is 33.3 Å². The van der Waals surface area contributed by atoms with E-state index in [1.165, 1.54) is 0 Å². The number of benzene rings is 1. The van der Waals surface area contributed by atoms with Crippen LogP contribution >= 0.6 is 15.9 Å². The van der Waals surface area contributed by atoms with Crippen LogP contribution in [-0.4, -0.2) is 28.2 Å². The minimum atomic E-state index is 0.0655. The second kappa shape index (κ2) is 6.49. The molecule has 1 aromatic heterocycles. The third-order valence-corrected chi connectivity index (χ3v) is 3.08. The molecule has 2 rings (SSSR count). The molecule has 0 saturated heterocycles. The number of aliphatic hydroxyl groups excluding tert-OH is 1. The number of aryl methyl sites for hydroxylation is 1. The second-order valence-electron chi connectivity index (χ2n) is 3.94. The second-order valence-corrected chi connectivity index (χ2v) is 4.80. The van der Waals surface area contributed by atoms with E-state index in [2.05, 4.69) is 36.5 Å².